The van der Waals surface area contributed by atoms with Crippen LogP contribution in [-0.4, -0.2) is 35.9 Å². The minimum absolute atomic E-state index is 0.0636. The number of nitrogens with one attached hydrogen (secondary N) is 1. The van der Waals surface area contributed by atoms with Crippen LogP contribution in [0.5, 0.6) is 0 Å². The highest BCUT2D eigenvalue weighted by Crippen LogP contribution is 2.44. The Morgan fingerprint density at radius 3 is 2.81 bits per heavy atom. The van der Waals surface area contributed by atoms with Gasteiger partial charge in [-0.05, 0) is 37.0 Å². The first-order valence-electron chi connectivity index (χ1n) is 8.13. The Morgan fingerprint density at radius 2 is 2.12 bits per heavy atom. The summed E-state index contributed by atoms with van der Waals surface area (Å²) in [5.74, 6) is -1.15. The number of hydrogen-bond acceptors (Lipinski definition) is 5. The molecular weight excluding hydrogens is 351 g/mol. The molecule has 0 radical (unpaired) electrons. The van der Waals surface area contributed by atoms with Crippen LogP contribution < -0.4 is 5.32 Å². The summed E-state index contributed by atoms with van der Waals surface area (Å²) in [6.45, 7) is 0.418. The minimum Gasteiger partial charge on any atom is -0.418 e. The lowest BCUT2D eigenvalue weighted by Gasteiger charge is -2.36. The van der Waals surface area contributed by atoms with Crippen LogP contribution in [0.15, 0.2) is 28.7 Å². The topological polar surface area (TPSA) is 77.2 Å². The molecule has 1 aliphatic carbocycles. The molecule has 0 unspecified atom stereocenters. The summed E-state index contributed by atoms with van der Waals surface area (Å²) in [5, 5.41) is 10.4. The number of halogens is 3. The molecule has 0 atom stereocenters. The average Bonchev–Trinajstić information content (AvgIpc) is 3.01. The van der Waals surface area contributed by atoms with E-state index in [4.69, 9.17) is 9.15 Å². The predicted molar refractivity (Wildman–Crippen MR) is 85.0 cm³/mol. The highest BCUT2D eigenvalue weighted by Gasteiger charge is 2.47. The highest BCUT2D eigenvalue weighted by molar-refractivity contribution is 5.95. The molecule has 6 nitrogen and oxygen atoms in total. The van der Waals surface area contributed by atoms with Crippen molar-refractivity contribution in [3.63, 3.8) is 0 Å². The van der Waals surface area contributed by atoms with Gasteiger partial charge in [0.15, 0.2) is 0 Å². The molecule has 3 rings (SSSR count). The van der Waals surface area contributed by atoms with Gasteiger partial charge in [0, 0.05) is 24.8 Å². The lowest BCUT2D eigenvalue weighted by molar-refractivity contribution is -0.203. The molecule has 26 heavy (non-hydrogen) atoms. The van der Waals surface area contributed by atoms with Gasteiger partial charge in [-0.25, -0.2) is 0 Å². The number of alkyl halides is 3. The summed E-state index contributed by atoms with van der Waals surface area (Å²) < 4.78 is 47.8. The molecule has 0 aliphatic heterocycles. The van der Waals surface area contributed by atoms with Gasteiger partial charge in [-0.1, -0.05) is 6.07 Å². The van der Waals surface area contributed by atoms with E-state index in [1.807, 2.05) is 0 Å². The fourth-order valence-corrected chi connectivity index (χ4v) is 2.85. The van der Waals surface area contributed by atoms with Crippen LogP contribution in [0, 0.1) is 11.8 Å². The van der Waals surface area contributed by atoms with E-state index in [0.717, 1.165) is 0 Å². The first-order valence-corrected chi connectivity index (χ1v) is 8.13. The smallest absolute Gasteiger partial charge is 0.391 e. The maximum atomic E-state index is 12.5. The van der Waals surface area contributed by atoms with Crippen molar-refractivity contribution in [3.05, 3.63) is 35.7 Å². The molecular formula is C17H18F3N3O3. The van der Waals surface area contributed by atoms with Gasteiger partial charge < -0.3 is 14.5 Å². The molecule has 1 aromatic carbocycles. The van der Waals surface area contributed by atoms with E-state index in [2.05, 4.69) is 15.5 Å². The van der Waals surface area contributed by atoms with Crippen molar-refractivity contribution >= 4 is 5.91 Å². The summed E-state index contributed by atoms with van der Waals surface area (Å²) in [6, 6.07) is 6.61. The van der Waals surface area contributed by atoms with Crippen molar-refractivity contribution in [2.45, 2.75) is 25.6 Å². The molecule has 0 bridgehead atoms. The van der Waals surface area contributed by atoms with Gasteiger partial charge in [0.1, 0.15) is 6.61 Å². The van der Waals surface area contributed by atoms with Gasteiger partial charge in [-0.3, -0.25) is 4.79 Å². The summed E-state index contributed by atoms with van der Waals surface area (Å²) in [6.07, 6.45) is -4.01. The Balaban J connectivity index is 1.57. The Kier molecular flexibility index (Phi) is 5.26. The van der Waals surface area contributed by atoms with Gasteiger partial charge in [-0.2, -0.15) is 13.2 Å². The lowest BCUT2D eigenvalue weighted by Crippen LogP contribution is -2.41. The third kappa shape index (κ3) is 4.21. The van der Waals surface area contributed by atoms with Crippen LogP contribution in [0.25, 0.3) is 11.5 Å². The number of methoxy groups -OCH3 is 1. The molecule has 1 fully saturated rings. The zero-order chi connectivity index (χ0) is 18.7. The third-order valence-electron chi connectivity index (χ3n) is 4.36. The van der Waals surface area contributed by atoms with Gasteiger partial charge >= 0.3 is 6.18 Å². The molecule has 140 valence electrons. The van der Waals surface area contributed by atoms with Crippen molar-refractivity contribution in [2.75, 3.05) is 13.7 Å². The Bertz CT molecular complexity index is 770. The molecule has 1 amide bonds. The molecule has 0 saturated heterocycles. The van der Waals surface area contributed by atoms with Crippen LogP contribution in [0.1, 0.15) is 29.1 Å². The first-order chi connectivity index (χ1) is 12.4. The summed E-state index contributed by atoms with van der Waals surface area (Å²) >= 11 is 0. The third-order valence-corrected chi connectivity index (χ3v) is 4.36. The number of carbonyl (C=O) groups excluding carboxylic acids is 1. The molecule has 1 aliphatic rings. The Morgan fingerprint density at radius 1 is 1.35 bits per heavy atom. The lowest BCUT2D eigenvalue weighted by atomic mass is 9.74. The fourth-order valence-electron chi connectivity index (χ4n) is 2.85. The van der Waals surface area contributed by atoms with E-state index in [-0.39, 0.29) is 43.7 Å². The van der Waals surface area contributed by atoms with Crippen molar-refractivity contribution in [3.8, 4) is 11.5 Å². The van der Waals surface area contributed by atoms with Crippen LogP contribution in [-0.2, 0) is 11.3 Å². The zero-order valence-electron chi connectivity index (χ0n) is 14.0. The second-order valence-corrected chi connectivity index (χ2v) is 6.30. The van der Waals surface area contributed by atoms with Gasteiger partial charge in [0.05, 0.1) is 5.92 Å². The number of aromatic nitrogens is 2. The van der Waals surface area contributed by atoms with Crippen LogP contribution in [0.3, 0.4) is 0 Å². The molecule has 0 spiro atoms. The number of ether oxygens (including phenoxy) is 1. The van der Waals surface area contributed by atoms with E-state index in [9.17, 15) is 18.0 Å². The Labute approximate surface area is 147 Å². The van der Waals surface area contributed by atoms with Crippen LogP contribution >= 0.6 is 0 Å². The summed E-state index contributed by atoms with van der Waals surface area (Å²) in [4.78, 5) is 12.2. The quantitative estimate of drug-likeness (QED) is 0.846. The summed E-state index contributed by atoms with van der Waals surface area (Å²) in [7, 11) is 1.51. The second-order valence-electron chi connectivity index (χ2n) is 6.30. The van der Waals surface area contributed by atoms with E-state index in [0.29, 0.717) is 17.0 Å². The molecule has 2 aromatic rings. The van der Waals surface area contributed by atoms with Gasteiger partial charge in [0.25, 0.3) is 5.91 Å². The highest BCUT2D eigenvalue weighted by atomic mass is 19.4. The second kappa shape index (κ2) is 7.45. The van der Waals surface area contributed by atoms with Gasteiger partial charge in [0.2, 0.25) is 11.8 Å². The normalized spacial score (nSPS) is 19.8. The predicted octanol–water partition coefficient (Wildman–Crippen LogP) is 3.20. The molecule has 1 aromatic heterocycles. The monoisotopic (exact) mass is 369 g/mol. The molecule has 1 N–H and O–H groups in total. The van der Waals surface area contributed by atoms with Crippen molar-refractivity contribution in [1.82, 2.24) is 15.5 Å². The van der Waals surface area contributed by atoms with E-state index in [1.54, 1.807) is 24.3 Å². The first kappa shape index (κ1) is 18.4. The maximum Gasteiger partial charge on any atom is 0.391 e. The SMILES string of the molecule is COCc1nnc(-c2cccc(C(=O)NCC3CC(C(F)(F)F)C3)c2)o1. The molecule has 9 heteroatoms. The Hall–Kier alpha value is -2.42. The zero-order valence-corrected chi connectivity index (χ0v) is 14.0. The van der Waals surface area contributed by atoms with Crippen molar-refractivity contribution in [1.29, 1.82) is 0 Å². The number of nitrogens with zero attached hydrogens (tertiary/aromatic N) is 2. The standard InChI is InChI=1S/C17H18F3N3O3/c1-25-9-14-22-23-16(26-14)12-4-2-3-11(7-12)15(24)21-8-10-5-13(6-10)17(18,19)20/h2-4,7,10,13H,5-6,8-9H2,1H3,(H,21,24). The minimum atomic E-state index is -4.14. The number of amides is 1. The van der Waals surface area contributed by atoms with E-state index in [1.165, 1.54) is 7.11 Å². The summed E-state index contributed by atoms with van der Waals surface area (Å²) in [5.41, 5.74) is 0.953. The van der Waals surface area contributed by atoms with Crippen LogP contribution in [0.4, 0.5) is 13.2 Å². The number of hydrogen-bond donors (Lipinski definition) is 1. The van der Waals surface area contributed by atoms with Crippen molar-refractivity contribution < 1.29 is 27.1 Å². The van der Waals surface area contributed by atoms with E-state index < -0.39 is 12.1 Å². The largest absolute Gasteiger partial charge is 0.418 e. The average molecular weight is 369 g/mol. The number of rotatable bonds is 6. The van der Waals surface area contributed by atoms with Gasteiger partial charge in [-0.15, -0.1) is 10.2 Å². The molecule has 1 saturated carbocycles. The maximum absolute atomic E-state index is 12.5. The number of carbonyl (C=O) groups is 1. The van der Waals surface area contributed by atoms with Crippen molar-refractivity contribution in [2.24, 2.45) is 11.8 Å². The molecule has 1 heterocycles. The fraction of sp³-hybridized carbons (Fsp3) is 0.471. The van der Waals surface area contributed by atoms with Crippen LogP contribution in [0.2, 0.25) is 0 Å². The van der Waals surface area contributed by atoms with E-state index >= 15 is 0 Å². The number of benzene rings is 1.